The molecule has 4 nitrogen and oxygen atoms in total. The van der Waals surface area contributed by atoms with E-state index >= 15 is 0 Å². The molecule has 0 aliphatic carbocycles. The summed E-state index contributed by atoms with van der Waals surface area (Å²) in [5.74, 6) is -1.40. The quantitative estimate of drug-likeness (QED) is 0.489. The molecule has 0 aromatic carbocycles. The van der Waals surface area contributed by atoms with Crippen LogP contribution in [0.25, 0.3) is 0 Å². The topological polar surface area (TPSA) is 55.8 Å². The smallest absolute Gasteiger partial charge is 0.313 e. The maximum atomic E-state index is 10.6. The van der Waals surface area contributed by atoms with Crippen LogP contribution in [0.3, 0.4) is 0 Å². The van der Waals surface area contributed by atoms with Gasteiger partial charge in [-0.3, -0.25) is 4.79 Å². The predicted molar refractivity (Wildman–Crippen MR) is 31.9 cm³/mol. The van der Waals surface area contributed by atoms with Gasteiger partial charge in [0.05, 0.1) is 6.42 Å². The SMILES string of the molecule is CC1(C)OC(=O)C[C@@H](O)O1. The molecule has 10 heavy (non-hydrogen) atoms. The summed E-state index contributed by atoms with van der Waals surface area (Å²) in [6.45, 7) is 3.15. The van der Waals surface area contributed by atoms with Gasteiger partial charge in [-0.2, -0.15) is 0 Å². The van der Waals surface area contributed by atoms with Gasteiger partial charge in [0.1, 0.15) is 0 Å². The highest BCUT2D eigenvalue weighted by Crippen LogP contribution is 2.20. The molecule has 58 valence electrons. The van der Waals surface area contributed by atoms with Crippen molar-refractivity contribution in [3.05, 3.63) is 0 Å². The standard InChI is InChI=1S/C6H10O4/c1-6(2)9-4(7)3-5(8)10-6/h4,7H,3H2,1-2H3/t4-/m0/s1. The molecule has 0 unspecified atom stereocenters. The van der Waals surface area contributed by atoms with Crippen LogP contribution in [-0.4, -0.2) is 23.2 Å². The first-order chi connectivity index (χ1) is 4.49. The van der Waals surface area contributed by atoms with Gasteiger partial charge in [-0.25, -0.2) is 0 Å². The average molecular weight is 146 g/mol. The number of hydrogen-bond acceptors (Lipinski definition) is 4. The summed E-state index contributed by atoms with van der Waals surface area (Å²) >= 11 is 0. The molecule has 4 heteroatoms. The Balaban J connectivity index is 2.59. The number of carbonyl (C=O) groups is 1. The molecule has 1 N–H and O–H groups in total. The summed E-state index contributed by atoms with van der Waals surface area (Å²) in [6.07, 6.45) is -1.10. The largest absolute Gasteiger partial charge is 0.433 e. The third-order valence-electron chi connectivity index (χ3n) is 1.12. The fourth-order valence-corrected chi connectivity index (χ4v) is 0.852. The predicted octanol–water partition coefficient (Wildman–Crippen LogP) is 0.00440. The Bertz CT molecular complexity index is 152. The normalized spacial score (nSPS) is 31.5. The number of ether oxygens (including phenoxy) is 2. The van der Waals surface area contributed by atoms with Crippen LogP contribution in [0, 0.1) is 0 Å². The number of aliphatic hydroxyl groups excluding tert-OH is 1. The molecule has 1 rings (SSSR count). The molecule has 0 spiro atoms. The van der Waals surface area contributed by atoms with Crippen LogP contribution in [-0.2, 0) is 14.3 Å². The lowest BCUT2D eigenvalue weighted by molar-refractivity contribution is -0.298. The minimum atomic E-state index is -1.02. The van der Waals surface area contributed by atoms with Crippen LogP contribution in [0.1, 0.15) is 20.3 Å². The van der Waals surface area contributed by atoms with Crippen LogP contribution in [0.4, 0.5) is 0 Å². The first-order valence-corrected chi connectivity index (χ1v) is 3.07. The molecule has 0 amide bonds. The summed E-state index contributed by atoms with van der Waals surface area (Å²) in [4.78, 5) is 10.6. The molecular weight excluding hydrogens is 136 g/mol. The number of cyclic esters (lactones) is 1. The van der Waals surface area contributed by atoms with Crippen LogP contribution < -0.4 is 0 Å². The molecule has 0 bridgehead atoms. The lowest BCUT2D eigenvalue weighted by Crippen LogP contribution is -2.42. The van der Waals surface area contributed by atoms with Gasteiger partial charge in [-0.15, -0.1) is 0 Å². The minimum Gasteiger partial charge on any atom is -0.433 e. The second-order valence-electron chi connectivity index (χ2n) is 2.65. The Labute approximate surface area is 58.7 Å². The number of carbonyl (C=O) groups excluding carboxylic acids is 1. The zero-order valence-electron chi connectivity index (χ0n) is 5.96. The van der Waals surface area contributed by atoms with E-state index in [0.717, 1.165) is 0 Å². The van der Waals surface area contributed by atoms with E-state index < -0.39 is 18.0 Å². The van der Waals surface area contributed by atoms with Gasteiger partial charge in [0.25, 0.3) is 0 Å². The van der Waals surface area contributed by atoms with Crippen molar-refractivity contribution in [2.24, 2.45) is 0 Å². The van der Waals surface area contributed by atoms with E-state index in [0.29, 0.717) is 0 Å². The summed E-state index contributed by atoms with van der Waals surface area (Å²) in [5.41, 5.74) is 0. The van der Waals surface area contributed by atoms with Crippen molar-refractivity contribution in [3.8, 4) is 0 Å². The Hall–Kier alpha value is -0.610. The molecule has 1 fully saturated rings. The summed E-state index contributed by atoms with van der Waals surface area (Å²) in [6, 6.07) is 0. The molecule has 1 aliphatic heterocycles. The Morgan fingerprint density at radius 1 is 1.70 bits per heavy atom. The van der Waals surface area contributed by atoms with Gasteiger partial charge < -0.3 is 14.6 Å². The summed E-state index contributed by atoms with van der Waals surface area (Å²) < 4.78 is 9.58. The van der Waals surface area contributed by atoms with E-state index in [1.807, 2.05) is 0 Å². The summed E-state index contributed by atoms with van der Waals surface area (Å²) in [7, 11) is 0. The average Bonchev–Trinajstić information content (AvgIpc) is 1.54. The molecule has 0 aromatic heterocycles. The fraction of sp³-hybridized carbons (Fsp3) is 0.833. The highest BCUT2D eigenvalue weighted by atomic mass is 16.8. The minimum absolute atomic E-state index is 0.0799. The first-order valence-electron chi connectivity index (χ1n) is 3.07. The number of esters is 1. The van der Waals surface area contributed by atoms with E-state index in [1.165, 1.54) is 0 Å². The van der Waals surface area contributed by atoms with E-state index in [-0.39, 0.29) is 6.42 Å². The van der Waals surface area contributed by atoms with Crippen LogP contribution in [0.2, 0.25) is 0 Å². The van der Waals surface area contributed by atoms with Gasteiger partial charge >= 0.3 is 5.97 Å². The Kier molecular flexibility index (Phi) is 1.66. The fourth-order valence-electron chi connectivity index (χ4n) is 0.852. The van der Waals surface area contributed by atoms with E-state index in [2.05, 4.69) is 0 Å². The maximum Gasteiger partial charge on any atom is 0.313 e. The van der Waals surface area contributed by atoms with Crippen LogP contribution in [0.15, 0.2) is 0 Å². The molecule has 0 saturated carbocycles. The van der Waals surface area contributed by atoms with Gasteiger partial charge in [-0.1, -0.05) is 0 Å². The lowest BCUT2D eigenvalue weighted by atomic mass is 10.3. The van der Waals surface area contributed by atoms with E-state index in [4.69, 9.17) is 14.6 Å². The van der Waals surface area contributed by atoms with Gasteiger partial charge in [0.15, 0.2) is 6.29 Å². The van der Waals surface area contributed by atoms with Gasteiger partial charge in [-0.05, 0) is 0 Å². The Morgan fingerprint density at radius 2 is 2.30 bits per heavy atom. The van der Waals surface area contributed by atoms with Crippen molar-refractivity contribution in [2.45, 2.75) is 32.3 Å². The van der Waals surface area contributed by atoms with Crippen LogP contribution in [0.5, 0.6) is 0 Å². The van der Waals surface area contributed by atoms with Crippen LogP contribution >= 0.6 is 0 Å². The zero-order chi connectivity index (χ0) is 7.78. The number of aliphatic hydroxyl groups is 1. The highest BCUT2D eigenvalue weighted by Gasteiger charge is 2.33. The van der Waals surface area contributed by atoms with E-state index in [9.17, 15) is 4.79 Å². The second kappa shape index (κ2) is 2.21. The monoisotopic (exact) mass is 146 g/mol. The second-order valence-corrected chi connectivity index (χ2v) is 2.65. The van der Waals surface area contributed by atoms with Crippen molar-refractivity contribution in [1.82, 2.24) is 0 Å². The maximum absolute atomic E-state index is 10.6. The number of hydrogen-bond donors (Lipinski definition) is 1. The molecule has 1 atom stereocenters. The summed E-state index contributed by atoms with van der Waals surface area (Å²) in [5, 5.41) is 8.89. The molecule has 1 aliphatic rings. The van der Waals surface area contributed by atoms with Gasteiger partial charge in [0, 0.05) is 13.8 Å². The van der Waals surface area contributed by atoms with Crippen molar-refractivity contribution in [1.29, 1.82) is 0 Å². The zero-order valence-corrected chi connectivity index (χ0v) is 5.96. The Morgan fingerprint density at radius 3 is 2.70 bits per heavy atom. The molecule has 1 heterocycles. The molecule has 1 saturated heterocycles. The molecule has 0 aromatic rings. The highest BCUT2D eigenvalue weighted by molar-refractivity contribution is 5.70. The molecular formula is C6H10O4. The van der Waals surface area contributed by atoms with Crippen molar-refractivity contribution in [2.75, 3.05) is 0 Å². The third-order valence-corrected chi connectivity index (χ3v) is 1.12. The molecule has 0 radical (unpaired) electrons. The van der Waals surface area contributed by atoms with Crippen molar-refractivity contribution >= 4 is 5.97 Å². The van der Waals surface area contributed by atoms with Gasteiger partial charge in [0.2, 0.25) is 5.79 Å². The first kappa shape index (κ1) is 7.50. The third kappa shape index (κ3) is 1.68. The number of rotatable bonds is 0. The lowest BCUT2D eigenvalue weighted by Gasteiger charge is -2.32. The van der Waals surface area contributed by atoms with Crippen molar-refractivity contribution < 1.29 is 19.4 Å². The van der Waals surface area contributed by atoms with Crippen molar-refractivity contribution in [3.63, 3.8) is 0 Å². The van der Waals surface area contributed by atoms with E-state index in [1.54, 1.807) is 13.8 Å².